The maximum absolute atomic E-state index is 6.39. The molecule has 2 unspecified atom stereocenters. The summed E-state index contributed by atoms with van der Waals surface area (Å²) in [4.78, 5) is 8.57. The number of nitrogens with two attached hydrogens (primary N) is 1. The van der Waals surface area contributed by atoms with E-state index in [-0.39, 0.29) is 6.04 Å². The zero-order valence-corrected chi connectivity index (χ0v) is 11.0. The Morgan fingerprint density at radius 3 is 2.89 bits per heavy atom. The monoisotopic (exact) mass is 253 g/mol. The largest absolute Gasteiger partial charge is 0.327 e. The van der Waals surface area contributed by atoms with Crippen molar-refractivity contribution in [3.05, 3.63) is 59.7 Å². The highest BCUT2D eigenvalue weighted by atomic mass is 14.7. The van der Waals surface area contributed by atoms with E-state index in [9.17, 15) is 0 Å². The highest BCUT2D eigenvalue weighted by Gasteiger charge is 2.28. The highest BCUT2D eigenvalue weighted by molar-refractivity contribution is 5.29. The Kier molecular flexibility index (Phi) is 3.56. The molecule has 3 nitrogen and oxygen atoms in total. The lowest BCUT2D eigenvalue weighted by atomic mass is 9.92. The van der Waals surface area contributed by atoms with Crippen LogP contribution in [0.3, 0.4) is 0 Å². The van der Waals surface area contributed by atoms with Crippen molar-refractivity contribution in [1.29, 1.82) is 0 Å². The van der Waals surface area contributed by atoms with E-state index >= 15 is 0 Å². The molecular formula is C16H19N3. The highest BCUT2D eigenvalue weighted by Crippen LogP contribution is 2.34. The summed E-state index contributed by atoms with van der Waals surface area (Å²) in [6, 6.07) is 8.52. The molecule has 2 atom stereocenters. The summed E-state index contributed by atoms with van der Waals surface area (Å²) in [6.07, 6.45) is 9.85. The predicted molar refractivity (Wildman–Crippen MR) is 75.8 cm³/mol. The van der Waals surface area contributed by atoms with Gasteiger partial charge in [0.2, 0.25) is 0 Å². The van der Waals surface area contributed by atoms with Crippen molar-refractivity contribution in [2.75, 3.05) is 0 Å². The topological polar surface area (TPSA) is 51.8 Å². The predicted octanol–water partition coefficient (Wildman–Crippen LogP) is 2.47. The number of aromatic nitrogens is 2. The van der Waals surface area contributed by atoms with Gasteiger partial charge in [-0.2, -0.15) is 0 Å². The first kappa shape index (κ1) is 12.3. The molecule has 0 aromatic carbocycles. The molecule has 0 saturated carbocycles. The molecule has 2 aromatic rings. The second kappa shape index (κ2) is 5.49. The first-order chi connectivity index (χ1) is 9.34. The molecule has 1 aliphatic carbocycles. The van der Waals surface area contributed by atoms with Crippen molar-refractivity contribution in [1.82, 2.24) is 9.97 Å². The van der Waals surface area contributed by atoms with E-state index in [1.54, 1.807) is 0 Å². The van der Waals surface area contributed by atoms with Gasteiger partial charge in [0.1, 0.15) is 0 Å². The van der Waals surface area contributed by atoms with E-state index in [1.165, 1.54) is 16.8 Å². The molecule has 19 heavy (non-hydrogen) atoms. The van der Waals surface area contributed by atoms with Crippen molar-refractivity contribution in [2.24, 2.45) is 5.73 Å². The van der Waals surface area contributed by atoms with Gasteiger partial charge in [-0.15, -0.1) is 0 Å². The summed E-state index contributed by atoms with van der Waals surface area (Å²) in [6.45, 7) is 0. The average Bonchev–Trinajstić information content (AvgIpc) is 2.90. The van der Waals surface area contributed by atoms with Gasteiger partial charge in [-0.1, -0.05) is 6.07 Å². The van der Waals surface area contributed by atoms with Crippen LogP contribution in [0.5, 0.6) is 0 Å². The minimum Gasteiger partial charge on any atom is -0.327 e. The van der Waals surface area contributed by atoms with Crippen molar-refractivity contribution in [2.45, 2.75) is 37.6 Å². The quantitative estimate of drug-likeness (QED) is 0.910. The van der Waals surface area contributed by atoms with E-state index in [0.717, 1.165) is 25.7 Å². The van der Waals surface area contributed by atoms with Gasteiger partial charge in [0.25, 0.3) is 0 Å². The molecule has 3 rings (SSSR count). The van der Waals surface area contributed by atoms with Gasteiger partial charge in [0, 0.05) is 36.2 Å². The van der Waals surface area contributed by atoms with Gasteiger partial charge in [-0.3, -0.25) is 9.97 Å². The van der Waals surface area contributed by atoms with Gasteiger partial charge in [0.15, 0.2) is 0 Å². The molecule has 2 aromatic heterocycles. The van der Waals surface area contributed by atoms with Gasteiger partial charge < -0.3 is 5.73 Å². The molecule has 0 saturated heterocycles. The Balaban J connectivity index is 1.64. The molecule has 0 fully saturated rings. The van der Waals surface area contributed by atoms with Crippen LogP contribution >= 0.6 is 0 Å². The van der Waals surface area contributed by atoms with Crippen LogP contribution < -0.4 is 5.73 Å². The van der Waals surface area contributed by atoms with E-state index in [4.69, 9.17) is 5.73 Å². The summed E-state index contributed by atoms with van der Waals surface area (Å²) in [5.74, 6) is 0.429. The number of hydrogen-bond donors (Lipinski definition) is 1. The van der Waals surface area contributed by atoms with Crippen LogP contribution in [0.4, 0.5) is 0 Å². The van der Waals surface area contributed by atoms with Gasteiger partial charge in [0.05, 0.1) is 0 Å². The van der Waals surface area contributed by atoms with Crippen LogP contribution in [0, 0.1) is 0 Å². The standard InChI is InChI=1S/C16H19N3/c17-15(6-3-12-7-10-18-11-8-12)14-5-4-13-2-1-9-19-16(13)14/h1-2,7-11,14-15H,3-6,17H2. The second-order valence-electron chi connectivity index (χ2n) is 5.25. The number of aryl methyl sites for hydroxylation is 2. The van der Waals surface area contributed by atoms with Crippen LogP contribution in [-0.2, 0) is 12.8 Å². The zero-order chi connectivity index (χ0) is 13.1. The molecule has 2 heterocycles. The molecule has 0 amide bonds. The van der Waals surface area contributed by atoms with E-state index < -0.39 is 0 Å². The fourth-order valence-electron chi connectivity index (χ4n) is 2.94. The molecule has 0 aliphatic heterocycles. The van der Waals surface area contributed by atoms with Crippen LogP contribution in [0.2, 0.25) is 0 Å². The second-order valence-corrected chi connectivity index (χ2v) is 5.25. The minimum atomic E-state index is 0.198. The minimum absolute atomic E-state index is 0.198. The van der Waals surface area contributed by atoms with Crippen molar-refractivity contribution in [3.8, 4) is 0 Å². The van der Waals surface area contributed by atoms with Crippen molar-refractivity contribution >= 4 is 0 Å². The molecule has 0 bridgehead atoms. The first-order valence-electron chi connectivity index (χ1n) is 6.93. The Morgan fingerprint density at radius 2 is 2.05 bits per heavy atom. The normalized spacial score (nSPS) is 19.1. The molecule has 0 radical (unpaired) electrons. The Bertz CT molecular complexity index is 539. The fourth-order valence-corrected chi connectivity index (χ4v) is 2.94. The maximum Gasteiger partial charge on any atom is 0.0482 e. The number of fused-ring (bicyclic) bond motifs is 1. The van der Waals surface area contributed by atoms with Gasteiger partial charge >= 0.3 is 0 Å². The number of pyridine rings is 2. The third-order valence-corrected chi connectivity index (χ3v) is 4.03. The first-order valence-corrected chi connectivity index (χ1v) is 6.93. The number of hydrogen-bond acceptors (Lipinski definition) is 3. The van der Waals surface area contributed by atoms with Crippen LogP contribution in [0.15, 0.2) is 42.9 Å². The molecule has 3 heteroatoms. The van der Waals surface area contributed by atoms with E-state index in [1.807, 2.05) is 24.7 Å². The summed E-state index contributed by atoms with van der Waals surface area (Å²) in [5, 5.41) is 0. The SMILES string of the molecule is NC(CCc1ccncc1)C1CCc2cccnc21. The Labute approximate surface area is 113 Å². The summed E-state index contributed by atoms with van der Waals surface area (Å²) >= 11 is 0. The molecule has 2 N–H and O–H groups in total. The third kappa shape index (κ3) is 2.66. The summed E-state index contributed by atoms with van der Waals surface area (Å²) in [7, 11) is 0. The number of nitrogens with zero attached hydrogens (tertiary/aromatic N) is 2. The maximum atomic E-state index is 6.39. The van der Waals surface area contributed by atoms with Crippen molar-refractivity contribution in [3.63, 3.8) is 0 Å². The number of rotatable bonds is 4. The molecular weight excluding hydrogens is 234 g/mol. The Morgan fingerprint density at radius 1 is 1.21 bits per heavy atom. The van der Waals surface area contributed by atoms with E-state index in [2.05, 4.69) is 28.2 Å². The molecule has 98 valence electrons. The van der Waals surface area contributed by atoms with Crippen LogP contribution in [0.1, 0.15) is 35.6 Å². The smallest absolute Gasteiger partial charge is 0.0482 e. The summed E-state index contributed by atoms with van der Waals surface area (Å²) in [5.41, 5.74) is 10.3. The Hall–Kier alpha value is -1.74. The third-order valence-electron chi connectivity index (χ3n) is 4.03. The van der Waals surface area contributed by atoms with Crippen molar-refractivity contribution < 1.29 is 0 Å². The lowest BCUT2D eigenvalue weighted by Gasteiger charge is -2.19. The zero-order valence-electron chi connectivity index (χ0n) is 11.0. The van der Waals surface area contributed by atoms with E-state index in [0.29, 0.717) is 5.92 Å². The van der Waals surface area contributed by atoms with Gasteiger partial charge in [-0.25, -0.2) is 0 Å². The molecule has 0 spiro atoms. The molecule has 1 aliphatic rings. The van der Waals surface area contributed by atoms with Crippen LogP contribution in [-0.4, -0.2) is 16.0 Å². The van der Waals surface area contributed by atoms with Gasteiger partial charge in [-0.05, 0) is 55.0 Å². The van der Waals surface area contributed by atoms with Crippen LogP contribution in [0.25, 0.3) is 0 Å². The fraction of sp³-hybridized carbons (Fsp3) is 0.375. The summed E-state index contributed by atoms with van der Waals surface area (Å²) < 4.78 is 0. The lowest BCUT2D eigenvalue weighted by molar-refractivity contribution is 0.490. The average molecular weight is 253 g/mol. The lowest BCUT2D eigenvalue weighted by Crippen LogP contribution is -2.28.